The van der Waals surface area contributed by atoms with Crippen LogP contribution in [0.2, 0.25) is 0 Å². The topological polar surface area (TPSA) is 102 Å². The van der Waals surface area contributed by atoms with E-state index < -0.39 is 11.9 Å². The van der Waals surface area contributed by atoms with Gasteiger partial charge in [0.2, 0.25) is 5.55 Å². The predicted octanol–water partition coefficient (Wildman–Crippen LogP) is 4.53. The third-order valence-electron chi connectivity index (χ3n) is 4.25. The third kappa shape index (κ3) is 4.17. The quantitative estimate of drug-likeness (QED) is 0.577. The normalized spacial score (nSPS) is 10.9. The van der Waals surface area contributed by atoms with Gasteiger partial charge >= 0.3 is 5.97 Å². The second-order valence-corrected chi connectivity index (χ2v) is 7.67. The summed E-state index contributed by atoms with van der Waals surface area (Å²) in [7, 11) is 1.29. The van der Waals surface area contributed by atoms with Gasteiger partial charge in [-0.2, -0.15) is 0 Å². The van der Waals surface area contributed by atoms with Crippen LogP contribution in [0.15, 0.2) is 34.7 Å². The standard InChI is InChI=1S/C21H22N2O5S/c1-5-27-15-8-6-7-12-9-13(18(22)28-17(12)15)19(24)23-20-14(21(25)26-4)10-16(29-20)11(2)3/h6-11,22H,5H2,1-4H3,(H,23,24). The minimum Gasteiger partial charge on any atom is -0.490 e. The van der Waals surface area contributed by atoms with Crippen LogP contribution in [0, 0.1) is 5.41 Å². The molecule has 0 fully saturated rings. The lowest BCUT2D eigenvalue weighted by atomic mass is 10.1. The predicted molar refractivity (Wildman–Crippen MR) is 111 cm³/mol. The maximum absolute atomic E-state index is 12.9. The van der Waals surface area contributed by atoms with Crippen molar-refractivity contribution < 1.29 is 23.5 Å². The molecule has 0 aliphatic heterocycles. The summed E-state index contributed by atoms with van der Waals surface area (Å²) in [4.78, 5) is 25.9. The summed E-state index contributed by atoms with van der Waals surface area (Å²) < 4.78 is 15.9. The Kier molecular flexibility index (Phi) is 6.03. The van der Waals surface area contributed by atoms with Crippen LogP contribution in [0.25, 0.3) is 11.0 Å². The summed E-state index contributed by atoms with van der Waals surface area (Å²) in [5.41, 5.74) is 0.464. The molecule has 1 amide bonds. The number of thiophene rings is 1. The van der Waals surface area contributed by atoms with Gasteiger partial charge in [0.15, 0.2) is 11.3 Å². The van der Waals surface area contributed by atoms with E-state index in [1.165, 1.54) is 18.4 Å². The summed E-state index contributed by atoms with van der Waals surface area (Å²) >= 11 is 1.31. The number of fused-ring (bicyclic) bond motifs is 1. The molecule has 29 heavy (non-hydrogen) atoms. The van der Waals surface area contributed by atoms with Gasteiger partial charge in [0.25, 0.3) is 5.91 Å². The second-order valence-electron chi connectivity index (χ2n) is 6.59. The SMILES string of the molecule is CCOc1cccc2cc(C(=O)Nc3sc(C(C)C)cc3C(=O)OC)c(=N)oc12. The summed E-state index contributed by atoms with van der Waals surface area (Å²) in [5, 5.41) is 11.9. The Morgan fingerprint density at radius 1 is 1.24 bits per heavy atom. The van der Waals surface area contributed by atoms with Crippen LogP contribution in [0.4, 0.5) is 5.00 Å². The lowest BCUT2D eigenvalue weighted by Gasteiger charge is -2.09. The van der Waals surface area contributed by atoms with Crippen molar-refractivity contribution in [2.24, 2.45) is 0 Å². The van der Waals surface area contributed by atoms with E-state index in [2.05, 4.69) is 5.32 Å². The van der Waals surface area contributed by atoms with Gasteiger partial charge in [-0.15, -0.1) is 11.3 Å². The van der Waals surface area contributed by atoms with Crippen molar-refractivity contribution in [3.8, 4) is 5.75 Å². The highest BCUT2D eigenvalue weighted by atomic mass is 32.1. The number of nitrogens with one attached hydrogen (secondary N) is 2. The number of esters is 1. The van der Waals surface area contributed by atoms with Crippen LogP contribution in [-0.4, -0.2) is 25.6 Å². The zero-order valence-corrected chi connectivity index (χ0v) is 17.4. The van der Waals surface area contributed by atoms with E-state index in [4.69, 9.17) is 19.3 Å². The van der Waals surface area contributed by atoms with E-state index in [1.54, 1.807) is 30.3 Å². The van der Waals surface area contributed by atoms with Crippen LogP contribution >= 0.6 is 11.3 Å². The van der Waals surface area contributed by atoms with Gasteiger partial charge < -0.3 is 19.2 Å². The second kappa shape index (κ2) is 8.48. The average Bonchev–Trinajstić information content (AvgIpc) is 3.11. The highest BCUT2D eigenvalue weighted by Gasteiger charge is 2.21. The molecule has 2 heterocycles. The minimum absolute atomic E-state index is 0.0569. The molecule has 2 N–H and O–H groups in total. The van der Waals surface area contributed by atoms with Gasteiger partial charge in [-0.3, -0.25) is 10.2 Å². The Morgan fingerprint density at radius 2 is 2.00 bits per heavy atom. The largest absolute Gasteiger partial charge is 0.490 e. The molecule has 0 atom stereocenters. The number of rotatable bonds is 6. The van der Waals surface area contributed by atoms with Crippen molar-refractivity contribution >= 4 is 39.2 Å². The number of carbonyl (C=O) groups is 2. The molecule has 0 saturated heterocycles. The van der Waals surface area contributed by atoms with Gasteiger partial charge in [-0.25, -0.2) is 4.79 Å². The Hall–Kier alpha value is -3.13. The first-order valence-electron chi connectivity index (χ1n) is 9.13. The molecular formula is C21H22N2O5S. The van der Waals surface area contributed by atoms with Crippen molar-refractivity contribution in [3.63, 3.8) is 0 Å². The fraction of sp³-hybridized carbons (Fsp3) is 0.286. The van der Waals surface area contributed by atoms with Gasteiger partial charge in [0.1, 0.15) is 10.6 Å². The Balaban J connectivity index is 2.00. The molecule has 0 aliphatic carbocycles. The summed E-state index contributed by atoms with van der Waals surface area (Å²) in [6, 6.07) is 8.61. The number of amides is 1. The van der Waals surface area contributed by atoms with Crippen LogP contribution in [0.1, 0.15) is 52.3 Å². The van der Waals surface area contributed by atoms with Crippen LogP contribution in [-0.2, 0) is 4.74 Å². The van der Waals surface area contributed by atoms with Crippen molar-refractivity contribution in [3.05, 3.63) is 51.9 Å². The van der Waals surface area contributed by atoms with E-state index in [0.29, 0.717) is 28.3 Å². The van der Waals surface area contributed by atoms with E-state index >= 15 is 0 Å². The van der Waals surface area contributed by atoms with Crippen molar-refractivity contribution in [1.82, 2.24) is 0 Å². The first-order chi connectivity index (χ1) is 13.8. The van der Waals surface area contributed by atoms with E-state index in [-0.39, 0.29) is 22.6 Å². The van der Waals surface area contributed by atoms with Crippen LogP contribution < -0.4 is 15.6 Å². The lowest BCUT2D eigenvalue weighted by Crippen LogP contribution is -2.21. The number of benzene rings is 1. The van der Waals surface area contributed by atoms with Gasteiger partial charge in [-0.1, -0.05) is 26.0 Å². The minimum atomic E-state index is -0.537. The molecule has 0 radical (unpaired) electrons. The van der Waals surface area contributed by atoms with E-state index in [1.807, 2.05) is 20.8 Å². The fourth-order valence-corrected chi connectivity index (χ4v) is 3.84. The number of methoxy groups -OCH3 is 1. The Labute approximate surface area is 171 Å². The molecular weight excluding hydrogens is 392 g/mol. The van der Waals surface area contributed by atoms with Crippen molar-refractivity contribution in [1.29, 1.82) is 5.41 Å². The summed E-state index contributed by atoms with van der Waals surface area (Å²) in [5.74, 6) is -0.365. The molecule has 3 rings (SSSR count). The smallest absolute Gasteiger partial charge is 0.340 e. The number of hydrogen-bond acceptors (Lipinski definition) is 7. The molecule has 2 aromatic heterocycles. The molecule has 152 valence electrons. The van der Waals surface area contributed by atoms with Gasteiger partial charge in [0.05, 0.1) is 19.3 Å². The van der Waals surface area contributed by atoms with E-state index in [9.17, 15) is 9.59 Å². The van der Waals surface area contributed by atoms with E-state index in [0.717, 1.165) is 4.88 Å². The molecule has 0 aliphatic rings. The first kappa shape index (κ1) is 20.6. The molecule has 0 unspecified atom stereocenters. The number of para-hydroxylation sites is 1. The molecule has 7 nitrogen and oxygen atoms in total. The summed E-state index contributed by atoms with van der Waals surface area (Å²) in [6.45, 7) is 6.31. The molecule has 0 spiro atoms. The maximum Gasteiger partial charge on any atom is 0.340 e. The first-order valence-corrected chi connectivity index (χ1v) is 9.95. The molecule has 8 heteroatoms. The highest BCUT2D eigenvalue weighted by molar-refractivity contribution is 7.16. The Bertz CT molecular complexity index is 1130. The van der Waals surface area contributed by atoms with Gasteiger partial charge in [0, 0.05) is 10.3 Å². The van der Waals surface area contributed by atoms with Crippen molar-refractivity contribution in [2.75, 3.05) is 19.0 Å². The fourth-order valence-electron chi connectivity index (χ4n) is 2.79. The highest BCUT2D eigenvalue weighted by Crippen LogP contribution is 2.34. The van der Waals surface area contributed by atoms with Gasteiger partial charge in [-0.05, 0) is 31.0 Å². The number of anilines is 1. The monoisotopic (exact) mass is 414 g/mol. The lowest BCUT2D eigenvalue weighted by molar-refractivity contribution is 0.0602. The third-order valence-corrected chi connectivity index (χ3v) is 5.61. The maximum atomic E-state index is 12.9. The van der Waals surface area contributed by atoms with Crippen LogP contribution in [0.3, 0.4) is 0 Å². The summed E-state index contributed by atoms with van der Waals surface area (Å²) in [6.07, 6.45) is 0. The molecule has 1 aromatic carbocycles. The zero-order valence-electron chi connectivity index (χ0n) is 16.6. The zero-order chi connectivity index (χ0) is 21.1. The number of ether oxygens (including phenoxy) is 2. The van der Waals surface area contributed by atoms with Crippen molar-refractivity contribution in [2.45, 2.75) is 26.7 Å². The molecule has 3 aromatic rings. The molecule has 0 bridgehead atoms. The number of carbonyl (C=O) groups excluding carboxylic acids is 2. The average molecular weight is 414 g/mol. The Morgan fingerprint density at radius 3 is 2.66 bits per heavy atom. The molecule has 0 saturated carbocycles. The number of hydrogen-bond donors (Lipinski definition) is 2. The van der Waals surface area contributed by atoms with Crippen LogP contribution in [0.5, 0.6) is 5.75 Å².